The van der Waals surface area contributed by atoms with E-state index in [1.54, 1.807) is 6.07 Å². The Morgan fingerprint density at radius 3 is 2.74 bits per heavy atom. The number of aromatic nitrogens is 1. The molecule has 0 unspecified atom stereocenters. The number of hydrogen-bond acceptors (Lipinski definition) is 5. The van der Waals surface area contributed by atoms with Gasteiger partial charge in [0.2, 0.25) is 11.9 Å². The minimum atomic E-state index is -0.829. The number of halogens is 4. The summed E-state index contributed by atoms with van der Waals surface area (Å²) < 4.78 is 47.9. The highest BCUT2D eigenvalue weighted by Crippen LogP contribution is 2.46. The number of hydrogen-bond donors (Lipinski definition) is 2. The molecule has 0 bridgehead atoms. The number of nitrogens with one attached hydrogen (secondary N) is 2. The van der Waals surface area contributed by atoms with Crippen molar-refractivity contribution in [3.63, 3.8) is 0 Å². The Bertz CT molecular complexity index is 1060. The molecule has 190 valence electrons. The van der Waals surface area contributed by atoms with Crippen LogP contribution in [0.25, 0.3) is 0 Å². The molecule has 35 heavy (non-hydrogen) atoms. The van der Waals surface area contributed by atoms with Gasteiger partial charge in [-0.25, -0.2) is 13.8 Å². The summed E-state index contributed by atoms with van der Waals surface area (Å²) in [6.07, 6.45) is 5.19. The lowest BCUT2D eigenvalue weighted by Crippen LogP contribution is -2.47. The molecular weight excluding hydrogens is 481 g/mol. The van der Waals surface area contributed by atoms with E-state index < -0.39 is 17.6 Å². The third kappa shape index (κ3) is 5.73. The Kier molecular flexibility index (Phi) is 7.88. The van der Waals surface area contributed by atoms with Gasteiger partial charge in [0.1, 0.15) is 12.4 Å². The molecule has 6 nitrogen and oxygen atoms in total. The molecule has 2 N–H and O–H groups in total. The third-order valence-electron chi connectivity index (χ3n) is 7.46. The zero-order valence-electron chi connectivity index (χ0n) is 19.4. The van der Waals surface area contributed by atoms with E-state index in [0.29, 0.717) is 17.4 Å². The predicted octanol–water partition coefficient (Wildman–Crippen LogP) is 3.55. The van der Waals surface area contributed by atoms with Crippen LogP contribution in [-0.4, -0.2) is 54.6 Å². The number of pyridine rings is 1. The number of amides is 1. The average Bonchev–Trinajstić information content (AvgIpc) is 3.47. The molecule has 10 heteroatoms. The van der Waals surface area contributed by atoms with E-state index in [2.05, 4.69) is 15.6 Å². The molecule has 2 saturated heterocycles. The van der Waals surface area contributed by atoms with E-state index in [0.717, 1.165) is 45.1 Å². The number of piperidine rings is 1. The number of carbonyl (C=O) groups excluding carboxylic acids is 1. The van der Waals surface area contributed by atoms with Crippen LogP contribution >= 0.6 is 12.4 Å². The van der Waals surface area contributed by atoms with Gasteiger partial charge in [-0.05, 0) is 55.8 Å². The standard InChI is InChI=1S/C25H29F3N4O2.ClH/c26-17-10-19(23(20(27)11-17)34-14-16-2-1-6-30-24(16)28)18-12-21(18)31-13-22(33)32-8-4-25(5-9-32)3-7-29-15-25;/h1-2,6,10-11,18,21,29,31H,3-5,7-9,12-15H2;1H/t18-,21+;/m0./s1. The van der Waals surface area contributed by atoms with Crippen molar-refractivity contribution in [1.82, 2.24) is 20.5 Å². The Morgan fingerprint density at radius 2 is 2.03 bits per heavy atom. The van der Waals surface area contributed by atoms with Crippen LogP contribution in [-0.2, 0) is 11.4 Å². The fourth-order valence-electron chi connectivity index (χ4n) is 5.23. The lowest BCUT2D eigenvalue weighted by Gasteiger charge is -2.39. The number of likely N-dealkylation sites (tertiary alicyclic amines) is 1. The first-order valence-corrected chi connectivity index (χ1v) is 11.9. The van der Waals surface area contributed by atoms with Crippen LogP contribution in [0.4, 0.5) is 13.2 Å². The Hall–Kier alpha value is -2.36. The maximum absolute atomic E-state index is 14.6. The summed E-state index contributed by atoms with van der Waals surface area (Å²) in [4.78, 5) is 18.2. The number of rotatable bonds is 7. The fraction of sp³-hybridized carbons (Fsp3) is 0.520. The fourth-order valence-corrected chi connectivity index (χ4v) is 5.23. The highest BCUT2D eigenvalue weighted by Gasteiger charge is 2.42. The predicted molar refractivity (Wildman–Crippen MR) is 127 cm³/mol. The second-order valence-corrected chi connectivity index (χ2v) is 9.69. The molecule has 2 atom stereocenters. The van der Waals surface area contributed by atoms with E-state index in [1.807, 2.05) is 4.90 Å². The first kappa shape index (κ1) is 25.7. The maximum atomic E-state index is 14.6. The van der Waals surface area contributed by atoms with Crippen LogP contribution in [0.5, 0.6) is 5.75 Å². The number of carbonyl (C=O) groups is 1. The number of benzene rings is 1. The molecule has 1 saturated carbocycles. The van der Waals surface area contributed by atoms with Gasteiger partial charge in [0.15, 0.2) is 11.6 Å². The molecule has 1 aromatic heterocycles. The van der Waals surface area contributed by atoms with Gasteiger partial charge >= 0.3 is 0 Å². The molecule has 1 amide bonds. The lowest BCUT2D eigenvalue weighted by atomic mass is 9.78. The van der Waals surface area contributed by atoms with E-state index in [1.165, 1.54) is 24.8 Å². The largest absolute Gasteiger partial charge is 0.485 e. The van der Waals surface area contributed by atoms with Crippen LogP contribution in [0, 0.1) is 23.0 Å². The molecule has 2 aliphatic heterocycles. The monoisotopic (exact) mass is 510 g/mol. The number of ether oxygens (including phenoxy) is 1. The minimum Gasteiger partial charge on any atom is -0.485 e. The van der Waals surface area contributed by atoms with E-state index in [4.69, 9.17) is 4.74 Å². The van der Waals surface area contributed by atoms with Gasteiger partial charge in [-0.15, -0.1) is 12.4 Å². The SMILES string of the molecule is Cl.O=C(CN[C@@H]1C[C@H]1c1cc(F)cc(F)c1OCc1cccnc1F)N1CCC2(CCNC2)CC1. The summed E-state index contributed by atoms with van der Waals surface area (Å²) in [5.41, 5.74) is 0.924. The molecule has 5 rings (SSSR count). The van der Waals surface area contributed by atoms with Crippen LogP contribution in [0.3, 0.4) is 0 Å². The third-order valence-corrected chi connectivity index (χ3v) is 7.46. The molecule has 1 spiro atoms. The quantitative estimate of drug-likeness (QED) is 0.558. The van der Waals surface area contributed by atoms with Crippen molar-refractivity contribution in [3.05, 3.63) is 59.2 Å². The second-order valence-electron chi connectivity index (χ2n) is 9.69. The minimum absolute atomic E-state index is 0. The molecule has 3 aliphatic rings. The summed E-state index contributed by atoms with van der Waals surface area (Å²) in [5.74, 6) is -2.43. The van der Waals surface area contributed by atoms with Gasteiger partial charge in [0.25, 0.3) is 0 Å². The summed E-state index contributed by atoms with van der Waals surface area (Å²) in [5, 5.41) is 6.67. The topological polar surface area (TPSA) is 66.5 Å². The summed E-state index contributed by atoms with van der Waals surface area (Å²) in [6.45, 7) is 3.62. The van der Waals surface area contributed by atoms with E-state index >= 15 is 0 Å². The summed E-state index contributed by atoms with van der Waals surface area (Å²) >= 11 is 0. The van der Waals surface area contributed by atoms with Crippen molar-refractivity contribution >= 4 is 18.3 Å². The maximum Gasteiger partial charge on any atom is 0.236 e. The van der Waals surface area contributed by atoms with E-state index in [-0.39, 0.29) is 54.7 Å². The summed E-state index contributed by atoms with van der Waals surface area (Å²) in [6, 6.07) is 5.01. The molecule has 0 radical (unpaired) electrons. The molecule has 3 heterocycles. The van der Waals surface area contributed by atoms with E-state index in [9.17, 15) is 18.0 Å². The first-order chi connectivity index (χ1) is 16.4. The molecule has 1 aliphatic carbocycles. The van der Waals surface area contributed by atoms with Crippen molar-refractivity contribution in [2.24, 2.45) is 5.41 Å². The van der Waals surface area contributed by atoms with Crippen molar-refractivity contribution in [2.75, 3.05) is 32.7 Å². The molecule has 2 aromatic rings. The lowest BCUT2D eigenvalue weighted by molar-refractivity contribution is -0.132. The van der Waals surface area contributed by atoms with Crippen molar-refractivity contribution < 1.29 is 22.7 Å². The number of nitrogens with zero attached hydrogens (tertiary/aromatic N) is 2. The normalized spacial score (nSPS) is 22.7. The Labute approximate surface area is 209 Å². The highest BCUT2D eigenvalue weighted by atomic mass is 35.5. The average molecular weight is 511 g/mol. The zero-order valence-corrected chi connectivity index (χ0v) is 20.2. The van der Waals surface area contributed by atoms with Gasteiger partial charge in [-0.3, -0.25) is 4.79 Å². The molecular formula is C25H30ClF3N4O2. The van der Waals surface area contributed by atoms with Crippen LogP contribution in [0.2, 0.25) is 0 Å². The van der Waals surface area contributed by atoms with Gasteiger partial charge in [-0.1, -0.05) is 0 Å². The zero-order chi connectivity index (χ0) is 23.7. The van der Waals surface area contributed by atoms with Crippen molar-refractivity contribution in [1.29, 1.82) is 0 Å². The van der Waals surface area contributed by atoms with Gasteiger partial charge in [-0.2, -0.15) is 4.39 Å². The first-order valence-electron chi connectivity index (χ1n) is 11.9. The van der Waals surface area contributed by atoms with Gasteiger partial charge in [0, 0.05) is 55.0 Å². The van der Waals surface area contributed by atoms with Crippen LogP contribution < -0.4 is 15.4 Å². The highest BCUT2D eigenvalue weighted by molar-refractivity contribution is 5.85. The van der Waals surface area contributed by atoms with Gasteiger partial charge in [0.05, 0.1) is 6.54 Å². The van der Waals surface area contributed by atoms with Crippen LogP contribution in [0.15, 0.2) is 30.5 Å². The molecule has 3 fully saturated rings. The van der Waals surface area contributed by atoms with Gasteiger partial charge < -0.3 is 20.3 Å². The summed E-state index contributed by atoms with van der Waals surface area (Å²) in [7, 11) is 0. The van der Waals surface area contributed by atoms with Crippen molar-refractivity contribution in [2.45, 2.75) is 44.2 Å². The van der Waals surface area contributed by atoms with Crippen molar-refractivity contribution in [3.8, 4) is 5.75 Å². The van der Waals surface area contributed by atoms with Crippen LogP contribution in [0.1, 0.15) is 42.7 Å². The second kappa shape index (κ2) is 10.7. The Balaban J connectivity index is 0.00000289. The molecule has 1 aromatic carbocycles. The smallest absolute Gasteiger partial charge is 0.236 e. The Morgan fingerprint density at radius 1 is 1.23 bits per heavy atom.